The molecule has 0 bridgehead atoms. The quantitative estimate of drug-likeness (QED) is 0.252. The van der Waals surface area contributed by atoms with Crippen molar-refractivity contribution in [2.24, 2.45) is 4.99 Å². The molecular weight excluding hydrogens is 178 g/mol. The van der Waals surface area contributed by atoms with Crippen LogP contribution in [-0.2, 0) is 18.4 Å². The van der Waals surface area contributed by atoms with Gasteiger partial charge in [-0.25, -0.2) is 9.79 Å². The molecule has 0 saturated carbocycles. The molecule has 12 heavy (non-hydrogen) atoms. The minimum atomic E-state index is -2.71. The summed E-state index contributed by atoms with van der Waals surface area (Å²) in [6, 6.07) is 0.346. The summed E-state index contributed by atoms with van der Waals surface area (Å²) in [6.45, 7) is 0.218. The van der Waals surface area contributed by atoms with Crippen LogP contribution in [0.15, 0.2) is 4.99 Å². The van der Waals surface area contributed by atoms with Crippen LogP contribution in [0.4, 0.5) is 0 Å². The summed E-state index contributed by atoms with van der Waals surface area (Å²) in [5.74, 6) is 0.674. The van der Waals surface area contributed by atoms with Crippen LogP contribution >= 0.6 is 0 Å². The number of carbonyl (C=O) groups excluding carboxylic acids is 2. The van der Waals surface area contributed by atoms with E-state index in [0.29, 0.717) is 12.0 Å². The van der Waals surface area contributed by atoms with Crippen molar-refractivity contribution in [1.82, 2.24) is 0 Å². The Bertz CT molecular complexity index is 186. The van der Waals surface area contributed by atoms with Crippen LogP contribution in [0.1, 0.15) is 0 Å². The Labute approximate surface area is 71.6 Å². The van der Waals surface area contributed by atoms with E-state index >= 15 is 0 Å². The third-order valence-corrected chi connectivity index (χ3v) is 4.17. The zero-order valence-corrected chi connectivity index (χ0v) is 8.07. The smallest absolute Gasteiger partial charge is 0.393 e. The first-order chi connectivity index (χ1) is 5.74. The lowest BCUT2D eigenvalue weighted by molar-refractivity contribution is 0.259. The summed E-state index contributed by atoms with van der Waals surface area (Å²) in [5, 5.41) is 0. The summed E-state index contributed by atoms with van der Waals surface area (Å²) < 4.78 is 9.88. The number of hydrogen-bond donors (Lipinski definition) is 0. The second-order valence-electron chi connectivity index (χ2n) is 2.06. The first-order valence-corrected chi connectivity index (χ1v) is 5.45. The molecular formula is C6H11NO4Si. The number of aliphatic imine (C=N–C) groups is 1. The summed E-state index contributed by atoms with van der Waals surface area (Å²) in [5.41, 5.74) is 0. The van der Waals surface area contributed by atoms with E-state index in [1.807, 2.05) is 0 Å². The van der Waals surface area contributed by atoms with Crippen molar-refractivity contribution >= 4 is 20.6 Å². The Morgan fingerprint density at radius 1 is 1.50 bits per heavy atom. The molecule has 68 valence electrons. The second kappa shape index (κ2) is 5.79. The molecule has 6 heteroatoms. The third-order valence-electron chi connectivity index (χ3n) is 1.51. The third kappa shape index (κ3) is 3.06. The van der Waals surface area contributed by atoms with Crippen molar-refractivity contribution in [3.63, 3.8) is 0 Å². The van der Waals surface area contributed by atoms with Crippen LogP contribution in [0.3, 0.4) is 0 Å². The molecule has 0 heterocycles. The number of nitrogens with zero attached hydrogens (tertiary/aromatic N) is 1. The van der Waals surface area contributed by atoms with Crippen LogP contribution < -0.4 is 0 Å². The van der Waals surface area contributed by atoms with Gasteiger partial charge in [0.15, 0.2) is 5.91 Å². The molecule has 0 unspecified atom stereocenters. The lowest BCUT2D eigenvalue weighted by atomic mass is 10.8. The standard InChI is InChI=1S/C6H11NO4Si/c1-10-12(6-9,11-2)4-3-7-5-8/h6H,3-4H2,1-2H3. The Morgan fingerprint density at radius 3 is 2.42 bits per heavy atom. The highest BCUT2D eigenvalue weighted by Gasteiger charge is 2.34. The number of hydrogen-bond acceptors (Lipinski definition) is 5. The molecule has 0 rings (SSSR count). The molecule has 0 saturated heterocycles. The predicted molar refractivity (Wildman–Crippen MR) is 44.3 cm³/mol. The Hall–Kier alpha value is -0.813. The van der Waals surface area contributed by atoms with E-state index in [2.05, 4.69) is 4.99 Å². The zero-order valence-electron chi connectivity index (χ0n) is 7.07. The van der Waals surface area contributed by atoms with E-state index in [1.165, 1.54) is 20.3 Å². The highest BCUT2D eigenvalue weighted by Crippen LogP contribution is 2.07. The van der Waals surface area contributed by atoms with Crippen molar-refractivity contribution in [2.75, 3.05) is 20.8 Å². The van der Waals surface area contributed by atoms with Crippen molar-refractivity contribution in [3.8, 4) is 0 Å². The average Bonchev–Trinajstić information content (AvgIpc) is 2.14. The number of carbonyl (C=O) groups is 1. The highest BCUT2D eigenvalue weighted by atomic mass is 28.4. The molecule has 0 aromatic carbocycles. The van der Waals surface area contributed by atoms with Crippen LogP contribution in [0.25, 0.3) is 0 Å². The molecule has 0 radical (unpaired) electrons. The summed E-state index contributed by atoms with van der Waals surface area (Å²) in [6.07, 6.45) is 1.38. The highest BCUT2D eigenvalue weighted by molar-refractivity contribution is 6.91. The topological polar surface area (TPSA) is 65.0 Å². The molecule has 0 aromatic heterocycles. The van der Waals surface area contributed by atoms with E-state index in [1.54, 1.807) is 0 Å². The van der Waals surface area contributed by atoms with Gasteiger partial charge in [0.25, 0.3) is 0 Å². The van der Waals surface area contributed by atoms with Gasteiger partial charge in [0.05, 0.1) is 6.54 Å². The van der Waals surface area contributed by atoms with Gasteiger partial charge in [-0.3, -0.25) is 0 Å². The van der Waals surface area contributed by atoms with Crippen molar-refractivity contribution in [2.45, 2.75) is 6.04 Å². The summed E-state index contributed by atoms with van der Waals surface area (Å²) in [4.78, 5) is 23.6. The maximum absolute atomic E-state index is 10.6. The van der Waals surface area contributed by atoms with E-state index in [9.17, 15) is 9.59 Å². The van der Waals surface area contributed by atoms with Crippen LogP contribution in [0.5, 0.6) is 0 Å². The van der Waals surface area contributed by atoms with Gasteiger partial charge in [-0.05, 0) is 0 Å². The maximum atomic E-state index is 10.6. The molecule has 0 aromatic rings. The van der Waals surface area contributed by atoms with E-state index in [4.69, 9.17) is 8.85 Å². The Balaban J connectivity index is 4.10. The first kappa shape index (κ1) is 11.2. The van der Waals surface area contributed by atoms with Gasteiger partial charge in [0, 0.05) is 20.3 Å². The molecule has 0 aliphatic carbocycles. The van der Waals surface area contributed by atoms with E-state index in [0.717, 1.165) is 0 Å². The van der Waals surface area contributed by atoms with E-state index in [-0.39, 0.29) is 6.54 Å². The van der Waals surface area contributed by atoms with Crippen LogP contribution in [-0.4, -0.2) is 41.3 Å². The van der Waals surface area contributed by atoms with Crippen LogP contribution in [0, 0.1) is 0 Å². The molecule has 0 atom stereocenters. The van der Waals surface area contributed by atoms with Crippen molar-refractivity contribution < 1.29 is 18.4 Å². The minimum Gasteiger partial charge on any atom is -0.393 e. The molecule has 0 spiro atoms. The Kier molecular flexibility index (Phi) is 5.40. The van der Waals surface area contributed by atoms with Gasteiger partial charge in [0.2, 0.25) is 6.08 Å². The largest absolute Gasteiger partial charge is 0.407 e. The summed E-state index contributed by atoms with van der Waals surface area (Å²) >= 11 is 0. The molecule has 0 N–H and O–H groups in total. The molecule has 5 nitrogen and oxygen atoms in total. The maximum Gasteiger partial charge on any atom is 0.407 e. The fraction of sp³-hybridized carbons (Fsp3) is 0.667. The van der Waals surface area contributed by atoms with Crippen molar-refractivity contribution in [3.05, 3.63) is 0 Å². The fourth-order valence-electron chi connectivity index (χ4n) is 0.700. The van der Waals surface area contributed by atoms with Gasteiger partial charge in [-0.1, -0.05) is 0 Å². The molecule has 0 aliphatic heterocycles. The van der Waals surface area contributed by atoms with Gasteiger partial charge >= 0.3 is 8.56 Å². The fourth-order valence-corrected chi connectivity index (χ4v) is 2.01. The Morgan fingerprint density at radius 2 is 2.08 bits per heavy atom. The van der Waals surface area contributed by atoms with Crippen LogP contribution in [0.2, 0.25) is 6.04 Å². The lowest BCUT2D eigenvalue weighted by Gasteiger charge is -2.19. The van der Waals surface area contributed by atoms with E-state index < -0.39 is 8.56 Å². The average molecular weight is 189 g/mol. The molecule has 0 amide bonds. The molecule has 0 aliphatic rings. The minimum absolute atomic E-state index is 0.218. The van der Waals surface area contributed by atoms with Gasteiger partial charge in [-0.15, -0.1) is 0 Å². The van der Waals surface area contributed by atoms with Gasteiger partial charge < -0.3 is 13.6 Å². The normalized spacial score (nSPS) is 10.5. The first-order valence-electron chi connectivity index (χ1n) is 3.35. The second-order valence-corrected chi connectivity index (χ2v) is 5.24. The monoisotopic (exact) mass is 189 g/mol. The molecule has 0 fully saturated rings. The van der Waals surface area contributed by atoms with Gasteiger partial charge in [0.1, 0.15) is 0 Å². The zero-order chi connectivity index (χ0) is 9.45. The SMILES string of the molecule is CO[Si](C=O)(CCN=C=O)OC. The number of rotatable bonds is 6. The van der Waals surface area contributed by atoms with Gasteiger partial charge in [-0.2, -0.15) is 0 Å². The van der Waals surface area contributed by atoms with Crippen molar-refractivity contribution in [1.29, 1.82) is 0 Å². The predicted octanol–water partition coefficient (Wildman–Crippen LogP) is -0.171. The summed E-state index contributed by atoms with van der Waals surface area (Å²) in [7, 11) is 0.115. The number of isocyanates is 1. The lowest BCUT2D eigenvalue weighted by Crippen LogP contribution is -2.43.